The topological polar surface area (TPSA) is 47.8 Å². The van der Waals surface area contributed by atoms with Crippen molar-refractivity contribution in [3.63, 3.8) is 0 Å². The average molecular weight is 242 g/mol. The number of nitrogens with zero attached hydrogens (tertiary/aromatic N) is 3. The molecule has 2 heterocycles. The van der Waals surface area contributed by atoms with Crippen LogP contribution in [-0.4, -0.2) is 21.1 Å². The van der Waals surface area contributed by atoms with E-state index in [1.54, 1.807) is 10.9 Å². The summed E-state index contributed by atoms with van der Waals surface area (Å²) in [5.74, 6) is 0. The Labute approximate surface area is 95.5 Å². The van der Waals surface area contributed by atoms with Gasteiger partial charge in [0.1, 0.15) is 4.88 Å². The molecule has 0 aliphatic heterocycles. The Morgan fingerprint density at radius 3 is 3.00 bits per heavy atom. The van der Waals surface area contributed by atoms with Gasteiger partial charge in [-0.3, -0.25) is 4.79 Å². The second kappa shape index (κ2) is 4.12. The van der Waals surface area contributed by atoms with Crippen LogP contribution in [0.3, 0.4) is 0 Å². The van der Waals surface area contributed by atoms with Crippen LogP contribution in [0, 0.1) is 0 Å². The predicted molar refractivity (Wildman–Crippen MR) is 59.0 cm³/mol. The molecule has 6 heteroatoms. The Kier molecular flexibility index (Phi) is 2.83. The molecule has 0 saturated heterocycles. The van der Waals surface area contributed by atoms with E-state index >= 15 is 0 Å². The van der Waals surface area contributed by atoms with Crippen LogP contribution in [0.2, 0.25) is 5.15 Å². The molecule has 0 radical (unpaired) electrons. The SMILES string of the molecule is CCc1cnn(-c2nc(Cl)c(C=O)s2)c1. The second-order valence-corrected chi connectivity index (χ2v) is 4.28. The first-order valence-corrected chi connectivity index (χ1v) is 5.59. The van der Waals surface area contributed by atoms with E-state index in [2.05, 4.69) is 10.1 Å². The lowest BCUT2D eigenvalue weighted by Crippen LogP contribution is -1.92. The fourth-order valence-electron chi connectivity index (χ4n) is 1.12. The molecule has 4 nitrogen and oxygen atoms in total. The molecule has 2 rings (SSSR count). The Morgan fingerprint density at radius 1 is 1.67 bits per heavy atom. The lowest BCUT2D eigenvalue weighted by Gasteiger charge is -1.91. The van der Waals surface area contributed by atoms with E-state index < -0.39 is 0 Å². The zero-order valence-corrected chi connectivity index (χ0v) is 9.55. The summed E-state index contributed by atoms with van der Waals surface area (Å²) >= 11 is 6.99. The highest BCUT2D eigenvalue weighted by atomic mass is 35.5. The van der Waals surface area contributed by atoms with E-state index in [0.29, 0.717) is 16.3 Å². The summed E-state index contributed by atoms with van der Waals surface area (Å²) in [6.45, 7) is 2.05. The molecule has 0 atom stereocenters. The van der Waals surface area contributed by atoms with Crippen LogP contribution >= 0.6 is 22.9 Å². The van der Waals surface area contributed by atoms with Crippen LogP contribution in [0.1, 0.15) is 22.2 Å². The van der Waals surface area contributed by atoms with E-state index in [0.717, 1.165) is 12.0 Å². The Balaban J connectivity index is 2.40. The standard InChI is InChI=1S/C9H8ClN3OS/c1-2-6-3-11-13(4-6)9-12-8(10)7(5-14)15-9/h3-5H,2H2,1H3. The molecule has 0 amide bonds. The van der Waals surface area contributed by atoms with Crippen LogP contribution < -0.4 is 0 Å². The molecule has 0 aliphatic carbocycles. The molecule has 0 aromatic carbocycles. The van der Waals surface area contributed by atoms with Gasteiger partial charge < -0.3 is 0 Å². The summed E-state index contributed by atoms with van der Waals surface area (Å²) in [6.07, 6.45) is 5.27. The fraction of sp³-hybridized carbons (Fsp3) is 0.222. The summed E-state index contributed by atoms with van der Waals surface area (Å²) in [7, 11) is 0. The van der Waals surface area contributed by atoms with Gasteiger partial charge in [-0.2, -0.15) is 5.10 Å². The number of carbonyl (C=O) groups excluding carboxylic acids is 1. The molecule has 0 fully saturated rings. The van der Waals surface area contributed by atoms with Crippen molar-refractivity contribution in [2.75, 3.05) is 0 Å². The Bertz CT molecular complexity index is 491. The Morgan fingerprint density at radius 2 is 2.47 bits per heavy atom. The smallest absolute Gasteiger partial charge is 0.212 e. The molecule has 0 unspecified atom stereocenters. The zero-order valence-electron chi connectivity index (χ0n) is 7.98. The number of hydrogen-bond acceptors (Lipinski definition) is 4. The second-order valence-electron chi connectivity index (χ2n) is 2.92. The van der Waals surface area contributed by atoms with E-state index in [1.165, 1.54) is 11.3 Å². The van der Waals surface area contributed by atoms with E-state index in [4.69, 9.17) is 11.6 Å². The first-order valence-electron chi connectivity index (χ1n) is 4.40. The van der Waals surface area contributed by atoms with Crippen molar-refractivity contribution < 1.29 is 4.79 Å². The Hall–Kier alpha value is -1.20. The van der Waals surface area contributed by atoms with Gasteiger partial charge in [0.25, 0.3) is 0 Å². The van der Waals surface area contributed by atoms with Crippen LogP contribution in [0.4, 0.5) is 0 Å². The number of aldehydes is 1. The first-order chi connectivity index (χ1) is 7.24. The van der Waals surface area contributed by atoms with Gasteiger partial charge in [-0.1, -0.05) is 29.9 Å². The maximum Gasteiger partial charge on any atom is 0.212 e. The van der Waals surface area contributed by atoms with Crippen molar-refractivity contribution in [1.82, 2.24) is 14.8 Å². The number of rotatable bonds is 3. The van der Waals surface area contributed by atoms with Gasteiger partial charge in [-0.25, -0.2) is 9.67 Å². The fourth-order valence-corrected chi connectivity index (χ4v) is 2.12. The van der Waals surface area contributed by atoms with Crippen molar-refractivity contribution in [1.29, 1.82) is 0 Å². The summed E-state index contributed by atoms with van der Waals surface area (Å²) in [4.78, 5) is 15.1. The van der Waals surface area contributed by atoms with Crippen molar-refractivity contribution in [2.24, 2.45) is 0 Å². The van der Waals surface area contributed by atoms with Crippen LogP contribution in [-0.2, 0) is 6.42 Å². The third-order valence-electron chi connectivity index (χ3n) is 1.95. The van der Waals surface area contributed by atoms with Crippen molar-refractivity contribution >= 4 is 29.2 Å². The highest BCUT2D eigenvalue weighted by Crippen LogP contribution is 2.23. The number of carbonyl (C=O) groups is 1. The third-order valence-corrected chi connectivity index (χ3v) is 3.32. The van der Waals surface area contributed by atoms with Crippen LogP contribution in [0.15, 0.2) is 12.4 Å². The number of aromatic nitrogens is 3. The van der Waals surface area contributed by atoms with Gasteiger partial charge in [0.05, 0.1) is 6.20 Å². The minimum absolute atomic E-state index is 0.235. The molecule has 0 spiro atoms. The average Bonchev–Trinajstić information content (AvgIpc) is 2.83. The van der Waals surface area contributed by atoms with Gasteiger partial charge in [0.2, 0.25) is 5.13 Å². The molecule has 78 valence electrons. The third kappa shape index (κ3) is 1.93. The minimum Gasteiger partial charge on any atom is -0.297 e. The maximum absolute atomic E-state index is 10.6. The number of hydrogen-bond donors (Lipinski definition) is 0. The van der Waals surface area contributed by atoms with Crippen molar-refractivity contribution in [2.45, 2.75) is 13.3 Å². The molecule has 0 aliphatic rings. The van der Waals surface area contributed by atoms with Crippen molar-refractivity contribution in [3.05, 3.63) is 28.0 Å². The van der Waals surface area contributed by atoms with Gasteiger partial charge in [0, 0.05) is 6.20 Å². The van der Waals surface area contributed by atoms with Crippen LogP contribution in [0.5, 0.6) is 0 Å². The summed E-state index contributed by atoms with van der Waals surface area (Å²) in [5.41, 5.74) is 1.12. The first kappa shape index (κ1) is 10.3. The normalized spacial score (nSPS) is 10.5. The molecular formula is C9H8ClN3OS. The highest BCUT2D eigenvalue weighted by Gasteiger charge is 2.10. The van der Waals surface area contributed by atoms with Gasteiger partial charge in [-0.05, 0) is 12.0 Å². The molecular weight excluding hydrogens is 234 g/mol. The number of halogens is 1. The van der Waals surface area contributed by atoms with Crippen molar-refractivity contribution in [3.8, 4) is 5.13 Å². The maximum atomic E-state index is 10.6. The molecule has 0 N–H and O–H groups in total. The summed E-state index contributed by atoms with van der Waals surface area (Å²) in [6, 6.07) is 0. The number of aryl methyl sites for hydroxylation is 1. The molecule has 15 heavy (non-hydrogen) atoms. The van der Waals surface area contributed by atoms with E-state index in [1.807, 2.05) is 13.1 Å². The van der Waals surface area contributed by atoms with Gasteiger partial charge in [-0.15, -0.1) is 0 Å². The summed E-state index contributed by atoms with van der Waals surface area (Å²) in [5, 5.41) is 4.98. The van der Waals surface area contributed by atoms with Gasteiger partial charge >= 0.3 is 0 Å². The largest absolute Gasteiger partial charge is 0.297 e. The minimum atomic E-state index is 0.235. The lowest BCUT2D eigenvalue weighted by molar-refractivity contribution is 0.112. The lowest BCUT2D eigenvalue weighted by atomic mass is 10.3. The quantitative estimate of drug-likeness (QED) is 0.775. The zero-order chi connectivity index (χ0) is 10.8. The monoisotopic (exact) mass is 241 g/mol. The van der Waals surface area contributed by atoms with Gasteiger partial charge in [0.15, 0.2) is 11.4 Å². The molecule has 0 saturated carbocycles. The van der Waals surface area contributed by atoms with E-state index in [9.17, 15) is 4.79 Å². The van der Waals surface area contributed by atoms with Crippen LogP contribution in [0.25, 0.3) is 5.13 Å². The van der Waals surface area contributed by atoms with E-state index in [-0.39, 0.29) is 5.15 Å². The molecule has 2 aromatic rings. The number of thiazole rings is 1. The molecule has 2 aromatic heterocycles. The molecule has 0 bridgehead atoms. The predicted octanol–water partition coefficient (Wildman–Crippen LogP) is 2.36. The summed E-state index contributed by atoms with van der Waals surface area (Å²) < 4.78 is 1.63. The highest BCUT2D eigenvalue weighted by molar-refractivity contribution is 7.16.